The molecule has 3 aliphatic carbocycles. The number of amidine groups is 2. The van der Waals surface area contributed by atoms with E-state index < -0.39 is 0 Å². The lowest BCUT2D eigenvalue weighted by atomic mass is 9.69. The second kappa shape index (κ2) is 6.59. The van der Waals surface area contributed by atoms with E-state index in [4.69, 9.17) is 9.98 Å². The quantitative estimate of drug-likeness (QED) is 0.804. The Labute approximate surface area is 152 Å². The van der Waals surface area contributed by atoms with Crippen LogP contribution in [-0.4, -0.2) is 35.8 Å². The number of hydrogen-bond donors (Lipinski definition) is 2. The summed E-state index contributed by atoms with van der Waals surface area (Å²) in [7, 11) is 0. The van der Waals surface area contributed by atoms with Crippen molar-refractivity contribution in [2.75, 3.05) is 0 Å². The van der Waals surface area contributed by atoms with Gasteiger partial charge in [0, 0.05) is 18.0 Å². The van der Waals surface area contributed by atoms with Crippen LogP contribution in [0, 0.1) is 17.8 Å². The highest BCUT2D eigenvalue weighted by molar-refractivity contribution is 5.87. The Kier molecular flexibility index (Phi) is 4.25. The molecular formula is C21H34N4. The van der Waals surface area contributed by atoms with Crippen molar-refractivity contribution in [1.82, 2.24) is 10.6 Å². The van der Waals surface area contributed by atoms with Crippen LogP contribution < -0.4 is 10.6 Å². The van der Waals surface area contributed by atoms with E-state index >= 15 is 0 Å². The predicted molar refractivity (Wildman–Crippen MR) is 103 cm³/mol. The Morgan fingerprint density at radius 2 is 1.52 bits per heavy atom. The zero-order chi connectivity index (χ0) is 16.8. The Balaban J connectivity index is 1.21. The molecule has 4 heteroatoms. The number of aliphatic imine (C=N–C) groups is 2. The lowest BCUT2D eigenvalue weighted by Crippen LogP contribution is -2.45. The van der Waals surface area contributed by atoms with E-state index in [9.17, 15) is 0 Å². The Morgan fingerprint density at radius 1 is 0.720 bits per heavy atom. The van der Waals surface area contributed by atoms with Gasteiger partial charge in [-0.2, -0.15) is 0 Å². The first kappa shape index (κ1) is 16.1. The van der Waals surface area contributed by atoms with Crippen molar-refractivity contribution < 1.29 is 0 Å². The van der Waals surface area contributed by atoms with Crippen LogP contribution in [0.25, 0.3) is 0 Å². The highest BCUT2D eigenvalue weighted by Crippen LogP contribution is 2.42. The third kappa shape index (κ3) is 3.10. The van der Waals surface area contributed by atoms with Crippen LogP contribution in [0.2, 0.25) is 0 Å². The van der Waals surface area contributed by atoms with E-state index in [-0.39, 0.29) is 0 Å². The third-order valence-electron chi connectivity index (χ3n) is 7.76. The van der Waals surface area contributed by atoms with Crippen molar-refractivity contribution in [2.45, 2.75) is 102 Å². The first-order chi connectivity index (χ1) is 12.3. The van der Waals surface area contributed by atoms with Gasteiger partial charge >= 0.3 is 0 Å². The maximum atomic E-state index is 5.22. The molecule has 4 nitrogen and oxygen atoms in total. The van der Waals surface area contributed by atoms with Gasteiger partial charge in [0.25, 0.3) is 0 Å². The molecule has 5 rings (SSSR count). The zero-order valence-electron chi connectivity index (χ0n) is 15.7. The van der Waals surface area contributed by atoms with Crippen molar-refractivity contribution in [3.63, 3.8) is 0 Å². The van der Waals surface area contributed by atoms with E-state index in [0.717, 1.165) is 17.8 Å². The lowest BCUT2D eigenvalue weighted by molar-refractivity contribution is 0.154. The van der Waals surface area contributed by atoms with E-state index in [0.29, 0.717) is 24.2 Å². The molecule has 3 fully saturated rings. The van der Waals surface area contributed by atoms with Gasteiger partial charge < -0.3 is 10.6 Å². The second-order valence-corrected chi connectivity index (χ2v) is 9.35. The Bertz CT molecular complexity index is 562. The predicted octanol–water partition coefficient (Wildman–Crippen LogP) is 3.66. The molecule has 5 aliphatic rings. The summed E-state index contributed by atoms with van der Waals surface area (Å²) in [5.41, 5.74) is 0. The molecule has 2 aliphatic heterocycles. The van der Waals surface area contributed by atoms with Crippen molar-refractivity contribution in [3.8, 4) is 0 Å². The molecule has 0 aromatic heterocycles. The van der Waals surface area contributed by atoms with Gasteiger partial charge in [-0.25, -0.2) is 0 Å². The van der Waals surface area contributed by atoms with Crippen LogP contribution in [0.3, 0.4) is 0 Å². The first-order valence-electron chi connectivity index (χ1n) is 10.9. The molecule has 3 saturated carbocycles. The zero-order valence-corrected chi connectivity index (χ0v) is 15.7. The van der Waals surface area contributed by atoms with Gasteiger partial charge in [-0.3, -0.25) is 9.98 Å². The summed E-state index contributed by atoms with van der Waals surface area (Å²) in [4.78, 5) is 10.0. The van der Waals surface area contributed by atoms with Crippen LogP contribution in [0.4, 0.5) is 0 Å². The van der Waals surface area contributed by atoms with E-state index in [2.05, 4.69) is 17.6 Å². The second-order valence-electron chi connectivity index (χ2n) is 9.35. The first-order valence-corrected chi connectivity index (χ1v) is 10.9. The molecule has 0 aromatic rings. The minimum absolute atomic E-state index is 0.566. The fourth-order valence-electron chi connectivity index (χ4n) is 6.40. The van der Waals surface area contributed by atoms with E-state index in [1.807, 2.05) is 0 Å². The van der Waals surface area contributed by atoms with Crippen molar-refractivity contribution in [2.24, 2.45) is 27.7 Å². The minimum atomic E-state index is 0.566. The average Bonchev–Trinajstić information content (AvgIpc) is 3.23. The molecule has 25 heavy (non-hydrogen) atoms. The smallest absolute Gasteiger partial charge is 0.100 e. The number of hydrogen-bond acceptors (Lipinski definition) is 4. The number of fused-ring (bicyclic) bond motifs is 2. The molecule has 0 bridgehead atoms. The maximum Gasteiger partial charge on any atom is 0.100 e. The largest absolute Gasteiger partial charge is 0.369 e. The lowest BCUT2D eigenvalue weighted by Gasteiger charge is -2.40. The van der Waals surface area contributed by atoms with Crippen LogP contribution >= 0.6 is 0 Å². The molecule has 6 unspecified atom stereocenters. The van der Waals surface area contributed by atoms with Crippen LogP contribution in [0.1, 0.15) is 77.6 Å². The summed E-state index contributed by atoms with van der Waals surface area (Å²) < 4.78 is 0. The van der Waals surface area contributed by atoms with Crippen molar-refractivity contribution in [3.05, 3.63) is 0 Å². The molecular weight excluding hydrogens is 308 g/mol. The van der Waals surface area contributed by atoms with Gasteiger partial charge in [-0.1, -0.05) is 19.3 Å². The molecule has 0 spiro atoms. The van der Waals surface area contributed by atoms with Crippen molar-refractivity contribution in [1.29, 1.82) is 0 Å². The topological polar surface area (TPSA) is 48.8 Å². The summed E-state index contributed by atoms with van der Waals surface area (Å²) in [5, 5.41) is 7.48. The maximum absolute atomic E-state index is 5.22. The molecule has 2 N–H and O–H groups in total. The van der Waals surface area contributed by atoms with Gasteiger partial charge in [0.2, 0.25) is 0 Å². The Morgan fingerprint density at radius 3 is 2.40 bits per heavy atom. The monoisotopic (exact) mass is 342 g/mol. The average molecular weight is 343 g/mol. The molecule has 0 aromatic carbocycles. The van der Waals surface area contributed by atoms with E-state index in [1.54, 1.807) is 0 Å². The number of rotatable bonds is 2. The van der Waals surface area contributed by atoms with Crippen molar-refractivity contribution >= 4 is 11.7 Å². The van der Waals surface area contributed by atoms with Gasteiger partial charge in [0.05, 0.1) is 17.9 Å². The summed E-state index contributed by atoms with van der Waals surface area (Å²) in [5.74, 6) is 5.09. The van der Waals surface area contributed by atoms with Gasteiger partial charge in [0.15, 0.2) is 0 Å². The molecule has 0 radical (unpaired) electrons. The Hall–Kier alpha value is -1.06. The fraction of sp³-hybridized carbons (Fsp3) is 0.905. The highest BCUT2D eigenvalue weighted by atomic mass is 15.1. The summed E-state index contributed by atoms with van der Waals surface area (Å²) in [6.07, 6.45) is 15.1. The van der Waals surface area contributed by atoms with Gasteiger partial charge in [-0.15, -0.1) is 0 Å². The molecule has 0 saturated heterocycles. The standard InChI is InChI=1S/C21H34N4/c1-13-22-17-9-7-15(11-19(17)23-13)16-8-10-18-20(12-16)25-21(24-18)14-5-3-2-4-6-14/h14-20H,2-12H2,1H3,(H,22,23)(H,24,25). The normalized spacial score (nSPS) is 44.2. The third-order valence-corrected chi connectivity index (χ3v) is 7.76. The van der Waals surface area contributed by atoms with E-state index in [1.165, 1.54) is 82.3 Å². The van der Waals surface area contributed by atoms with Crippen LogP contribution in [-0.2, 0) is 0 Å². The number of nitrogens with one attached hydrogen (secondary N) is 2. The molecule has 2 heterocycles. The summed E-state index contributed by atoms with van der Waals surface area (Å²) >= 11 is 0. The number of nitrogens with zero attached hydrogens (tertiary/aromatic N) is 2. The van der Waals surface area contributed by atoms with Gasteiger partial charge in [0.1, 0.15) is 5.84 Å². The van der Waals surface area contributed by atoms with Crippen LogP contribution in [0.5, 0.6) is 0 Å². The molecule has 0 amide bonds. The highest BCUT2D eigenvalue weighted by Gasteiger charge is 2.42. The summed E-state index contributed by atoms with van der Waals surface area (Å²) in [6, 6.07) is 2.42. The fourth-order valence-corrected chi connectivity index (χ4v) is 6.40. The van der Waals surface area contributed by atoms with Crippen LogP contribution in [0.15, 0.2) is 9.98 Å². The minimum Gasteiger partial charge on any atom is -0.369 e. The SMILES string of the molecule is CC1=NC2CCC(C3CCC4NC(C5CCCCC5)=NC4C3)CC2N1. The van der Waals surface area contributed by atoms with Gasteiger partial charge in [-0.05, 0) is 70.1 Å². The summed E-state index contributed by atoms with van der Waals surface area (Å²) in [6.45, 7) is 2.13. The molecule has 138 valence electrons. The molecule has 6 atom stereocenters.